The van der Waals surface area contributed by atoms with Crippen LogP contribution in [0.2, 0.25) is 0 Å². The number of alkyl halides is 2. The van der Waals surface area contributed by atoms with Crippen molar-refractivity contribution >= 4 is 0 Å². The normalized spacial score (nSPS) is 10.3. The Bertz CT molecular complexity index is 649. The lowest BCUT2D eigenvalue weighted by molar-refractivity contribution is -0.0498. The molecular weight excluding hydrogens is 294 g/mol. The molecule has 0 aliphatic heterocycles. The van der Waals surface area contributed by atoms with E-state index in [2.05, 4.69) is 35.6 Å². The Balaban J connectivity index is 1.95. The molecule has 0 radical (unpaired) electrons. The molecule has 0 amide bonds. The first-order chi connectivity index (χ1) is 11.2. The van der Waals surface area contributed by atoms with Crippen LogP contribution in [0.4, 0.5) is 8.78 Å². The Morgan fingerprint density at radius 1 is 0.870 bits per heavy atom. The second-order valence-corrected chi connectivity index (χ2v) is 5.31. The maximum absolute atomic E-state index is 12.1. The molecule has 0 saturated carbocycles. The second-order valence-electron chi connectivity index (χ2n) is 5.31. The highest BCUT2D eigenvalue weighted by molar-refractivity contribution is 5.44. The molecule has 0 aromatic heterocycles. The summed E-state index contributed by atoms with van der Waals surface area (Å²) in [7, 11) is 0. The zero-order valence-electron chi connectivity index (χ0n) is 13.2. The fraction of sp³-hybridized carbons (Fsp3) is 0.300. The highest BCUT2D eigenvalue weighted by Crippen LogP contribution is 2.14. The first kappa shape index (κ1) is 17.0. The summed E-state index contributed by atoms with van der Waals surface area (Å²) in [6.07, 6.45) is 4.80. The fourth-order valence-corrected chi connectivity index (χ4v) is 2.20. The van der Waals surface area contributed by atoms with Crippen LogP contribution in [-0.2, 0) is 6.42 Å². The van der Waals surface area contributed by atoms with Crippen LogP contribution in [0, 0.1) is 11.8 Å². The van der Waals surface area contributed by atoms with E-state index in [0.717, 1.165) is 17.5 Å². The lowest BCUT2D eigenvalue weighted by Gasteiger charge is -2.03. The number of rotatable bonds is 6. The highest BCUT2D eigenvalue weighted by Gasteiger charge is 2.02. The van der Waals surface area contributed by atoms with Crippen LogP contribution >= 0.6 is 0 Å². The van der Waals surface area contributed by atoms with Crippen LogP contribution in [0.3, 0.4) is 0 Å². The number of halogens is 2. The van der Waals surface area contributed by atoms with Gasteiger partial charge < -0.3 is 4.74 Å². The molecule has 120 valence electrons. The van der Waals surface area contributed by atoms with E-state index in [1.165, 1.54) is 37.0 Å². The van der Waals surface area contributed by atoms with Crippen LogP contribution in [0.1, 0.15) is 42.9 Å². The fourth-order valence-electron chi connectivity index (χ4n) is 2.20. The van der Waals surface area contributed by atoms with E-state index in [1.807, 2.05) is 12.1 Å². The number of aryl methyl sites for hydroxylation is 1. The van der Waals surface area contributed by atoms with Gasteiger partial charge in [-0.2, -0.15) is 8.78 Å². The first-order valence-electron chi connectivity index (χ1n) is 7.83. The van der Waals surface area contributed by atoms with Gasteiger partial charge in [0.1, 0.15) is 5.75 Å². The van der Waals surface area contributed by atoms with Gasteiger partial charge in [0.05, 0.1) is 0 Å². The third-order valence-electron chi connectivity index (χ3n) is 3.45. The molecule has 1 nitrogen and oxygen atoms in total. The van der Waals surface area contributed by atoms with Gasteiger partial charge in [-0.3, -0.25) is 0 Å². The Labute approximate surface area is 136 Å². The largest absolute Gasteiger partial charge is 0.435 e. The Morgan fingerprint density at radius 2 is 1.43 bits per heavy atom. The third-order valence-corrected chi connectivity index (χ3v) is 3.45. The molecule has 0 atom stereocenters. The van der Waals surface area contributed by atoms with Crippen molar-refractivity contribution in [3.05, 3.63) is 65.2 Å². The van der Waals surface area contributed by atoms with E-state index in [1.54, 1.807) is 12.1 Å². The Morgan fingerprint density at radius 3 is 1.96 bits per heavy atom. The van der Waals surface area contributed by atoms with Gasteiger partial charge in [-0.15, -0.1) is 0 Å². The second kappa shape index (κ2) is 8.95. The van der Waals surface area contributed by atoms with E-state index < -0.39 is 6.61 Å². The summed E-state index contributed by atoms with van der Waals surface area (Å²) >= 11 is 0. The average Bonchev–Trinajstić information content (AvgIpc) is 2.55. The molecule has 0 aliphatic rings. The predicted octanol–water partition coefficient (Wildman–Crippen LogP) is 5.42. The van der Waals surface area contributed by atoms with Crippen molar-refractivity contribution in [1.82, 2.24) is 0 Å². The molecule has 0 bridgehead atoms. The van der Waals surface area contributed by atoms with Gasteiger partial charge in [-0.25, -0.2) is 0 Å². The molecule has 0 unspecified atom stereocenters. The van der Waals surface area contributed by atoms with E-state index in [9.17, 15) is 8.78 Å². The van der Waals surface area contributed by atoms with Crippen molar-refractivity contribution < 1.29 is 13.5 Å². The van der Waals surface area contributed by atoms with Crippen molar-refractivity contribution in [3.8, 4) is 17.6 Å². The van der Waals surface area contributed by atoms with Crippen molar-refractivity contribution in [2.24, 2.45) is 0 Å². The molecule has 0 fully saturated rings. The van der Waals surface area contributed by atoms with Gasteiger partial charge >= 0.3 is 6.61 Å². The number of benzene rings is 2. The van der Waals surface area contributed by atoms with Crippen LogP contribution in [-0.4, -0.2) is 6.61 Å². The summed E-state index contributed by atoms with van der Waals surface area (Å²) in [6.45, 7) is -0.604. The first-order valence-corrected chi connectivity index (χ1v) is 7.83. The van der Waals surface area contributed by atoms with Gasteiger partial charge in [0.15, 0.2) is 0 Å². The zero-order chi connectivity index (χ0) is 16.5. The molecule has 2 rings (SSSR count). The number of hydrogen-bond donors (Lipinski definition) is 0. The molecule has 0 spiro atoms. The SMILES string of the molecule is CCCCCc1ccc(C#Cc2ccc(OC(F)F)cc2)cc1. The van der Waals surface area contributed by atoms with Crippen LogP contribution in [0.5, 0.6) is 5.75 Å². The minimum atomic E-state index is -2.80. The maximum Gasteiger partial charge on any atom is 0.387 e. The van der Waals surface area contributed by atoms with Crippen molar-refractivity contribution in [2.45, 2.75) is 39.2 Å². The maximum atomic E-state index is 12.1. The van der Waals surface area contributed by atoms with Crippen LogP contribution in [0.15, 0.2) is 48.5 Å². The quantitative estimate of drug-likeness (QED) is 0.511. The van der Waals surface area contributed by atoms with Crippen molar-refractivity contribution in [1.29, 1.82) is 0 Å². The molecule has 2 aromatic rings. The lowest BCUT2D eigenvalue weighted by Crippen LogP contribution is -2.01. The molecule has 0 heterocycles. The third kappa shape index (κ3) is 6.12. The van der Waals surface area contributed by atoms with Gasteiger partial charge in [-0.1, -0.05) is 43.7 Å². The van der Waals surface area contributed by atoms with Crippen molar-refractivity contribution in [3.63, 3.8) is 0 Å². The minimum absolute atomic E-state index is 0.141. The minimum Gasteiger partial charge on any atom is -0.435 e. The van der Waals surface area contributed by atoms with E-state index >= 15 is 0 Å². The number of unbranched alkanes of at least 4 members (excludes halogenated alkanes) is 2. The lowest BCUT2D eigenvalue weighted by atomic mass is 10.1. The van der Waals surface area contributed by atoms with Gasteiger partial charge in [0.2, 0.25) is 0 Å². The van der Waals surface area contributed by atoms with Gasteiger partial charge in [0, 0.05) is 11.1 Å². The van der Waals surface area contributed by atoms with E-state index in [4.69, 9.17) is 0 Å². The molecule has 0 aliphatic carbocycles. The summed E-state index contributed by atoms with van der Waals surface area (Å²) in [4.78, 5) is 0. The monoisotopic (exact) mass is 314 g/mol. The molecule has 0 N–H and O–H groups in total. The summed E-state index contributed by atoms with van der Waals surface area (Å²) in [5.41, 5.74) is 3.04. The van der Waals surface area contributed by atoms with Gasteiger partial charge in [-0.05, 0) is 54.8 Å². The van der Waals surface area contributed by atoms with Gasteiger partial charge in [0.25, 0.3) is 0 Å². The van der Waals surface area contributed by atoms with Crippen LogP contribution in [0.25, 0.3) is 0 Å². The number of ether oxygens (including phenoxy) is 1. The molecule has 3 heteroatoms. The Kier molecular flexibility index (Phi) is 6.62. The summed E-state index contributed by atoms with van der Waals surface area (Å²) in [5, 5.41) is 0. The van der Waals surface area contributed by atoms with Crippen LogP contribution < -0.4 is 4.74 Å². The van der Waals surface area contributed by atoms with Crippen molar-refractivity contribution in [2.75, 3.05) is 0 Å². The van der Waals surface area contributed by atoms with E-state index in [0.29, 0.717) is 0 Å². The number of hydrogen-bond acceptors (Lipinski definition) is 1. The smallest absolute Gasteiger partial charge is 0.387 e. The molecule has 23 heavy (non-hydrogen) atoms. The summed E-state index contributed by atoms with van der Waals surface area (Å²) in [5.74, 6) is 6.24. The highest BCUT2D eigenvalue weighted by atomic mass is 19.3. The van der Waals surface area contributed by atoms with E-state index in [-0.39, 0.29) is 5.75 Å². The predicted molar refractivity (Wildman–Crippen MR) is 88.7 cm³/mol. The Hall–Kier alpha value is -2.34. The molecule has 2 aromatic carbocycles. The molecular formula is C20H20F2O. The zero-order valence-corrected chi connectivity index (χ0v) is 13.2. The molecule has 0 saturated heterocycles. The average molecular weight is 314 g/mol. The standard InChI is InChI=1S/C20H20F2O/c1-2-3-4-5-16-6-8-17(9-7-16)10-11-18-12-14-19(15-13-18)23-20(21)22/h6-9,12-15,20H,2-5H2,1H3. The summed E-state index contributed by atoms with van der Waals surface area (Å²) in [6, 6.07) is 14.6. The summed E-state index contributed by atoms with van der Waals surface area (Å²) < 4.78 is 28.4. The topological polar surface area (TPSA) is 9.23 Å².